The molecule has 1 N–H and O–H groups in total. The minimum atomic E-state index is 0.354. The molecule has 0 fully saturated rings. The van der Waals surface area contributed by atoms with Crippen LogP contribution in [-0.2, 0) is 18.9 Å². The highest BCUT2D eigenvalue weighted by Crippen LogP contribution is 1.83. The van der Waals surface area contributed by atoms with Gasteiger partial charge in [0.2, 0.25) is 0 Å². The van der Waals surface area contributed by atoms with Crippen molar-refractivity contribution >= 4 is 0 Å². The molecule has 0 bridgehead atoms. The van der Waals surface area contributed by atoms with E-state index in [4.69, 9.17) is 24.5 Å². The molecule has 0 aromatic rings. The van der Waals surface area contributed by atoms with E-state index in [2.05, 4.69) is 15.3 Å². The standard InChI is InChI=1S/C11H24N4O4/c1-13-2-4-16-6-8-18-10-11-19-9-7-17-5-3-14-15-12/h13H,2-11H2,1H3. The maximum atomic E-state index is 8.02. The van der Waals surface area contributed by atoms with E-state index in [1.165, 1.54) is 0 Å². The van der Waals surface area contributed by atoms with Crippen LogP contribution in [0.3, 0.4) is 0 Å². The second kappa shape index (κ2) is 17.1. The van der Waals surface area contributed by atoms with Crippen molar-refractivity contribution in [2.24, 2.45) is 5.11 Å². The van der Waals surface area contributed by atoms with Gasteiger partial charge in [0, 0.05) is 18.0 Å². The third-order valence-electron chi connectivity index (χ3n) is 2.01. The van der Waals surface area contributed by atoms with Crippen molar-refractivity contribution in [3.63, 3.8) is 0 Å². The Kier molecular flexibility index (Phi) is 16.3. The summed E-state index contributed by atoms with van der Waals surface area (Å²) in [5, 5.41) is 6.34. The van der Waals surface area contributed by atoms with E-state index < -0.39 is 0 Å². The molecule has 0 atom stereocenters. The molecule has 0 aromatic heterocycles. The smallest absolute Gasteiger partial charge is 0.0701 e. The number of likely N-dealkylation sites (N-methyl/N-ethyl adjacent to an activating group) is 1. The minimum Gasteiger partial charge on any atom is -0.379 e. The van der Waals surface area contributed by atoms with E-state index >= 15 is 0 Å². The van der Waals surface area contributed by atoms with Crippen LogP contribution in [-0.4, -0.2) is 73.0 Å². The van der Waals surface area contributed by atoms with Crippen molar-refractivity contribution < 1.29 is 18.9 Å². The van der Waals surface area contributed by atoms with E-state index in [1.54, 1.807) is 0 Å². The number of hydrogen-bond donors (Lipinski definition) is 1. The van der Waals surface area contributed by atoms with E-state index in [-0.39, 0.29) is 0 Å². The Hall–Kier alpha value is -0.890. The average molecular weight is 276 g/mol. The van der Waals surface area contributed by atoms with Gasteiger partial charge >= 0.3 is 0 Å². The molecule has 0 amide bonds. The highest BCUT2D eigenvalue weighted by atomic mass is 16.6. The summed E-state index contributed by atoms with van der Waals surface area (Å²) in [5.74, 6) is 0. The van der Waals surface area contributed by atoms with Gasteiger partial charge in [0.1, 0.15) is 0 Å². The second-order valence-corrected chi connectivity index (χ2v) is 3.51. The fraction of sp³-hybridized carbons (Fsp3) is 1.00. The van der Waals surface area contributed by atoms with Crippen molar-refractivity contribution in [3.05, 3.63) is 10.4 Å². The summed E-state index contributed by atoms with van der Waals surface area (Å²) in [7, 11) is 1.89. The van der Waals surface area contributed by atoms with Crippen LogP contribution in [0.4, 0.5) is 0 Å². The van der Waals surface area contributed by atoms with E-state index in [0.29, 0.717) is 59.4 Å². The van der Waals surface area contributed by atoms with Crippen LogP contribution in [0.5, 0.6) is 0 Å². The van der Waals surface area contributed by atoms with Gasteiger partial charge < -0.3 is 24.3 Å². The molecule has 0 spiro atoms. The van der Waals surface area contributed by atoms with E-state index in [0.717, 1.165) is 6.54 Å². The predicted molar refractivity (Wildman–Crippen MR) is 71.2 cm³/mol. The number of hydrogen-bond acceptors (Lipinski definition) is 6. The van der Waals surface area contributed by atoms with Gasteiger partial charge in [-0.25, -0.2) is 0 Å². The van der Waals surface area contributed by atoms with Crippen molar-refractivity contribution in [1.29, 1.82) is 0 Å². The molecule has 8 nitrogen and oxygen atoms in total. The molecule has 8 heteroatoms. The van der Waals surface area contributed by atoms with Crippen molar-refractivity contribution in [2.45, 2.75) is 0 Å². The Morgan fingerprint density at radius 1 is 0.842 bits per heavy atom. The molecule has 0 aliphatic heterocycles. The minimum absolute atomic E-state index is 0.354. The summed E-state index contributed by atoms with van der Waals surface area (Å²) in [5.41, 5.74) is 8.02. The Balaban J connectivity index is 2.93. The molecule has 0 aromatic carbocycles. The molecular formula is C11H24N4O4. The number of nitrogens with zero attached hydrogens (tertiary/aromatic N) is 3. The van der Waals surface area contributed by atoms with Gasteiger partial charge in [-0.15, -0.1) is 0 Å². The number of rotatable bonds is 15. The summed E-state index contributed by atoms with van der Waals surface area (Å²) in [6, 6.07) is 0. The molecule has 0 saturated heterocycles. The van der Waals surface area contributed by atoms with Crippen LogP contribution in [0, 0.1) is 0 Å². The normalized spacial score (nSPS) is 10.4. The highest BCUT2D eigenvalue weighted by Gasteiger charge is 1.92. The fourth-order valence-corrected chi connectivity index (χ4v) is 1.09. The van der Waals surface area contributed by atoms with Crippen LogP contribution in [0.2, 0.25) is 0 Å². The largest absolute Gasteiger partial charge is 0.379 e. The average Bonchev–Trinajstić information content (AvgIpc) is 2.43. The third-order valence-corrected chi connectivity index (χ3v) is 2.01. The molecule has 0 saturated carbocycles. The molecule has 0 unspecified atom stereocenters. The number of nitrogens with one attached hydrogen (secondary N) is 1. The lowest BCUT2D eigenvalue weighted by Crippen LogP contribution is -2.17. The number of ether oxygens (including phenoxy) is 4. The van der Waals surface area contributed by atoms with Gasteiger partial charge in [0.15, 0.2) is 0 Å². The zero-order valence-corrected chi connectivity index (χ0v) is 11.5. The van der Waals surface area contributed by atoms with Crippen molar-refractivity contribution in [1.82, 2.24) is 5.32 Å². The van der Waals surface area contributed by atoms with Crippen LogP contribution < -0.4 is 5.32 Å². The van der Waals surface area contributed by atoms with Crippen LogP contribution in [0.1, 0.15) is 0 Å². The Morgan fingerprint density at radius 3 is 1.79 bits per heavy atom. The fourth-order valence-electron chi connectivity index (χ4n) is 1.09. The van der Waals surface area contributed by atoms with Gasteiger partial charge in [0.25, 0.3) is 0 Å². The summed E-state index contributed by atoms with van der Waals surface area (Å²) < 4.78 is 21.0. The molecular weight excluding hydrogens is 252 g/mol. The maximum Gasteiger partial charge on any atom is 0.0701 e. The van der Waals surface area contributed by atoms with Crippen molar-refractivity contribution in [3.8, 4) is 0 Å². The SMILES string of the molecule is CNCCOCCOCCOCCOCCN=[N+]=[N-]. The van der Waals surface area contributed by atoms with E-state index in [1.807, 2.05) is 7.05 Å². The maximum absolute atomic E-state index is 8.02. The highest BCUT2D eigenvalue weighted by molar-refractivity contribution is 4.44. The summed E-state index contributed by atoms with van der Waals surface area (Å²) in [6.07, 6.45) is 0. The topological polar surface area (TPSA) is 97.7 Å². The Bertz CT molecular complexity index is 225. The molecule has 0 aliphatic rings. The van der Waals surface area contributed by atoms with Gasteiger partial charge in [-0.2, -0.15) is 0 Å². The Morgan fingerprint density at radius 2 is 1.32 bits per heavy atom. The first-order chi connectivity index (χ1) is 9.41. The van der Waals surface area contributed by atoms with Crippen LogP contribution in [0.15, 0.2) is 5.11 Å². The lowest BCUT2D eigenvalue weighted by Gasteiger charge is -2.07. The van der Waals surface area contributed by atoms with Gasteiger partial charge in [0.05, 0.1) is 52.9 Å². The third kappa shape index (κ3) is 17.1. The molecule has 0 radical (unpaired) electrons. The van der Waals surface area contributed by atoms with Gasteiger partial charge in [-0.3, -0.25) is 0 Å². The van der Waals surface area contributed by atoms with Crippen molar-refractivity contribution in [2.75, 3.05) is 73.0 Å². The Labute approximate surface area is 114 Å². The molecule has 19 heavy (non-hydrogen) atoms. The first-order valence-corrected chi connectivity index (χ1v) is 6.38. The second-order valence-electron chi connectivity index (χ2n) is 3.51. The van der Waals surface area contributed by atoms with E-state index in [9.17, 15) is 0 Å². The zero-order chi connectivity index (χ0) is 14.0. The first kappa shape index (κ1) is 18.1. The quantitative estimate of drug-likeness (QED) is 0.204. The molecule has 0 heterocycles. The first-order valence-electron chi connectivity index (χ1n) is 6.38. The summed E-state index contributed by atoms with van der Waals surface area (Å²) in [4.78, 5) is 2.62. The molecule has 0 aliphatic carbocycles. The number of azide groups is 1. The lowest BCUT2D eigenvalue weighted by atomic mass is 10.6. The van der Waals surface area contributed by atoms with Crippen LogP contribution in [0.25, 0.3) is 10.4 Å². The van der Waals surface area contributed by atoms with Gasteiger partial charge in [-0.1, -0.05) is 5.11 Å². The summed E-state index contributed by atoms with van der Waals surface area (Å²) >= 11 is 0. The lowest BCUT2D eigenvalue weighted by molar-refractivity contribution is -0.000518. The summed E-state index contributed by atoms with van der Waals surface area (Å²) in [6.45, 7) is 5.60. The van der Waals surface area contributed by atoms with Crippen LogP contribution >= 0.6 is 0 Å². The molecule has 0 rings (SSSR count). The predicted octanol–water partition coefficient (Wildman–Crippen LogP) is 0.583. The van der Waals surface area contributed by atoms with Gasteiger partial charge in [-0.05, 0) is 12.6 Å². The zero-order valence-electron chi connectivity index (χ0n) is 11.5. The monoisotopic (exact) mass is 276 g/mol. The molecule has 112 valence electrons.